The highest BCUT2D eigenvalue weighted by Gasteiger charge is 2.57. The van der Waals surface area contributed by atoms with Gasteiger partial charge in [-0.15, -0.1) is 0 Å². The zero-order chi connectivity index (χ0) is 41.0. The van der Waals surface area contributed by atoms with Gasteiger partial charge in [0.1, 0.15) is 91.4 Å². The zero-order valence-corrected chi connectivity index (χ0v) is 29.6. The van der Waals surface area contributed by atoms with Gasteiger partial charge in [0.05, 0.1) is 19.8 Å². The third-order valence-electron chi connectivity index (χ3n) is 9.38. The molecule has 0 unspecified atom stereocenters. The van der Waals surface area contributed by atoms with Crippen LogP contribution in [0, 0.1) is 0 Å². The van der Waals surface area contributed by atoms with Crippen LogP contribution in [-0.4, -0.2) is 222 Å². The monoisotopic (exact) mass is 803 g/mol. The molecule has 20 atom stereocenters. The minimum Gasteiger partial charge on any atom is -0.479 e. The van der Waals surface area contributed by atoms with Gasteiger partial charge in [-0.05, 0) is 0 Å². The number of aliphatic carboxylic acids is 1. The molecule has 4 heterocycles. The van der Waals surface area contributed by atoms with Crippen molar-refractivity contribution in [2.75, 3.05) is 19.8 Å². The number of hydrogen-bond donors (Lipinski definition) is 14. The van der Waals surface area contributed by atoms with Gasteiger partial charge in [0.2, 0.25) is 17.7 Å². The molecule has 3 amide bonds. The summed E-state index contributed by atoms with van der Waals surface area (Å²) in [6, 6.07) is -4.83. The topological polar surface area (TPSA) is 392 Å². The molecule has 4 aliphatic heterocycles. The number of amides is 3. The number of hydrogen-bond acceptors (Lipinski definition) is 21. The Hall–Kier alpha value is -2.80. The third-order valence-corrected chi connectivity index (χ3v) is 9.38. The van der Waals surface area contributed by atoms with Crippen LogP contribution in [0.15, 0.2) is 0 Å². The second-order valence-electron chi connectivity index (χ2n) is 13.4. The Bertz CT molecular complexity index is 1330. The predicted molar refractivity (Wildman–Crippen MR) is 169 cm³/mol. The van der Waals surface area contributed by atoms with Crippen LogP contribution in [0.5, 0.6) is 0 Å². The first kappa shape index (κ1) is 44.9. The Balaban J connectivity index is 1.64. The molecule has 0 aromatic rings. The lowest BCUT2D eigenvalue weighted by atomic mass is 9.93. The van der Waals surface area contributed by atoms with Crippen molar-refractivity contribution in [2.45, 2.75) is 143 Å². The third kappa shape index (κ3) is 10.0. The van der Waals surface area contributed by atoms with Gasteiger partial charge in [-0.25, -0.2) is 4.79 Å². The van der Waals surface area contributed by atoms with E-state index in [1.165, 1.54) is 0 Å². The first-order valence-electron chi connectivity index (χ1n) is 17.1. The Morgan fingerprint density at radius 2 is 0.909 bits per heavy atom. The van der Waals surface area contributed by atoms with Crippen molar-refractivity contribution in [3.8, 4) is 0 Å². The van der Waals surface area contributed by atoms with Crippen LogP contribution < -0.4 is 16.0 Å². The van der Waals surface area contributed by atoms with E-state index in [9.17, 15) is 75.3 Å². The first-order valence-corrected chi connectivity index (χ1v) is 17.1. The van der Waals surface area contributed by atoms with Crippen LogP contribution in [0.4, 0.5) is 0 Å². The van der Waals surface area contributed by atoms with Gasteiger partial charge in [0.15, 0.2) is 31.3 Å². The van der Waals surface area contributed by atoms with Crippen molar-refractivity contribution < 1.29 is 109 Å². The van der Waals surface area contributed by atoms with Gasteiger partial charge in [-0.2, -0.15) is 0 Å². The number of carbonyl (C=O) groups is 4. The number of rotatable bonds is 13. The van der Waals surface area contributed by atoms with Gasteiger partial charge in [-0.1, -0.05) is 0 Å². The normalized spacial score (nSPS) is 45.0. The summed E-state index contributed by atoms with van der Waals surface area (Å²) in [5.74, 6) is -4.13. The van der Waals surface area contributed by atoms with Crippen molar-refractivity contribution in [2.24, 2.45) is 0 Å². The Morgan fingerprint density at radius 1 is 0.491 bits per heavy atom. The van der Waals surface area contributed by atoms with E-state index >= 15 is 0 Å². The summed E-state index contributed by atoms with van der Waals surface area (Å²) in [6.07, 6.45) is -32.1. The largest absolute Gasteiger partial charge is 0.479 e. The number of nitrogens with one attached hydrogen (secondary N) is 3. The van der Waals surface area contributed by atoms with Crippen LogP contribution in [-0.2, 0) is 52.3 Å². The maximum absolute atomic E-state index is 12.5. The highest BCUT2D eigenvalue weighted by atomic mass is 16.8. The van der Waals surface area contributed by atoms with Crippen LogP contribution >= 0.6 is 0 Å². The highest BCUT2D eigenvalue weighted by molar-refractivity contribution is 5.74. The second-order valence-corrected chi connectivity index (χ2v) is 13.4. The molecule has 0 aliphatic carbocycles. The van der Waals surface area contributed by atoms with Crippen molar-refractivity contribution in [3.63, 3.8) is 0 Å². The molecule has 0 spiro atoms. The smallest absolute Gasteiger partial charge is 0.335 e. The molecular formula is C30H49N3O22. The molecule has 55 heavy (non-hydrogen) atoms. The van der Waals surface area contributed by atoms with Crippen molar-refractivity contribution in [1.29, 1.82) is 0 Å². The highest BCUT2D eigenvalue weighted by Crippen LogP contribution is 2.34. The van der Waals surface area contributed by atoms with Crippen LogP contribution in [0.1, 0.15) is 20.8 Å². The number of aliphatic hydroxyl groups is 10. The van der Waals surface area contributed by atoms with Crippen LogP contribution in [0.2, 0.25) is 0 Å². The van der Waals surface area contributed by atoms with Crippen LogP contribution in [0.3, 0.4) is 0 Å². The summed E-state index contributed by atoms with van der Waals surface area (Å²) in [6.45, 7) is 0.446. The van der Waals surface area contributed by atoms with Crippen molar-refractivity contribution in [3.05, 3.63) is 0 Å². The molecule has 4 aliphatic rings. The maximum atomic E-state index is 12.5. The van der Waals surface area contributed by atoms with Gasteiger partial charge in [-0.3, -0.25) is 14.4 Å². The molecule has 0 bridgehead atoms. The average Bonchev–Trinajstić information content (AvgIpc) is 3.11. The maximum Gasteiger partial charge on any atom is 0.335 e. The van der Waals surface area contributed by atoms with E-state index in [0.29, 0.717) is 0 Å². The number of aliphatic hydroxyl groups excluding tert-OH is 10. The first-order chi connectivity index (χ1) is 25.8. The van der Waals surface area contributed by atoms with Gasteiger partial charge < -0.3 is 105 Å². The molecule has 14 N–H and O–H groups in total. The number of ether oxygens (including phenoxy) is 7. The lowest BCUT2D eigenvalue weighted by Gasteiger charge is -2.50. The van der Waals surface area contributed by atoms with Crippen LogP contribution in [0.25, 0.3) is 0 Å². The lowest BCUT2D eigenvalue weighted by molar-refractivity contribution is -0.366. The SMILES string of the molecule is CC(=O)N[C@@H]1[C@@H](O[C@@H]2O[C@H](C(=O)O)[C@@H](O[C@@H]3O[C@H](CO)[C@H](O)[C@H](O[C@@H]4O[C@H](CO)[C@@H](O)[C@H](O)[C@H]4NC(C)=O)[C@H]3NC(C)=O)[C@H](O)[C@H]2O)[C@@H](O)[C@@H](CO)O[C@H]1O. The zero-order valence-electron chi connectivity index (χ0n) is 29.6. The average molecular weight is 804 g/mol. The fourth-order valence-corrected chi connectivity index (χ4v) is 6.72. The predicted octanol–water partition coefficient (Wildman–Crippen LogP) is -9.23. The molecule has 0 aromatic carbocycles. The molecule has 0 saturated carbocycles. The molecule has 25 nitrogen and oxygen atoms in total. The molecule has 4 saturated heterocycles. The van der Waals surface area contributed by atoms with Crippen molar-refractivity contribution in [1.82, 2.24) is 16.0 Å². The molecule has 4 fully saturated rings. The van der Waals surface area contributed by atoms with E-state index < -0.39 is 166 Å². The fourth-order valence-electron chi connectivity index (χ4n) is 6.72. The molecule has 0 aromatic heterocycles. The fraction of sp³-hybridized carbons (Fsp3) is 0.867. The van der Waals surface area contributed by atoms with E-state index in [0.717, 1.165) is 20.8 Å². The summed E-state index contributed by atoms with van der Waals surface area (Å²) in [7, 11) is 0. The van der Waals surface area contributed by atoms with Crippen molar-refractivity contribution >= 4 is 23.7 Å². The molecular weight excluding hydrogens is 754 g/mol. The van der Waals surface area contributed by atoms with Gasteiger partial charge in [0.25, 0.3) is 0 Å². The second kappa shape index (κ2) is 19.1. The summed E-state index contributed by atoms with van der Waals surface area (Å²) < 4.78 is 39.1. The van der Waals surface area contributed by atoms with E-state index in [-0.39, 0.29) is 0 Å². The Morgan fingerprint density at radius 3 is 1.42 bits per heavy atom. The molecule has 4 rings (SSSR count). The number of carboxylic acid groups (broad SMARTS) is 1. The Labute approximate surface area is 311 Å². The Kier molecular flexibility index (Phi) is 15.6. The summed E-state index contributed by atoms with van der Waals surface area (Å²) in [5, 5.41) is 123. The molecule has 0 radical (unpaired) electrons. The summed E-state index contributed by atoms with van der Waals surface area (Å²) >= 11 is 0. The van der Waals surface area contributed by atoms with E-state index in [1.807, 2.05) is 0 Å². The van der Waals surface area contributed by atoms with E-state index in [2.05, 4.69) is 16.0 Å². The summed E-state index contributed by atoms with van der Waals surface area (Å²) in [5.41, 5.74) is 0. The summed E-state index contributed by atoms with van der Waals surface area (Å²) in [4.78, 5) is 48.8. The number of carbonyl (C=O) groups excluding carboxylic acids is 3. The standard InChI is InChI=1S/C30H49N3O22/c1-7(37)31-13-19(43)16(40)10(4-34)50-28(13)52-23-15(33-9(3)39)29(51-12(6-36)18(23)42)54-24-20(44)21(45)30(55-25(24)26(46)47)53-22-14(32-8(2)38)27(48)49-11(5-35)17(22)41/h10-25,27-30,34-36,40-45,48H,4-6H2,1-3H3,(H,31,37)(H,32,38)(H,33,39)(H,46,47)/t10-,11-,12-,13-,14-,15-,16-,17+,18+,19-,20-,21-,22-,23-,24+,25+,27-,28+,29+,30-/m1/s1. The molecule has 316 valence electrons. The molecule has 25 heteroatoms. The van der Waals surface area contributed by atoms with E-state index in [4.69, 9.17) is 33.2 Å². The minimum atomic E-state index is -2.28. The van der Waals surface area contributed by atoms with Gasteiger partial charge in [0, 0.05) is 20.8 Å². The van der Waals surface area contributed by atoms with E-state index in [1.54, 1.807) is 0 Å². The van der Waals surface area contributed by atoms with Gasteiger partial charge >= 0.3 is 5.97 Å². The quantitative estimate of drug-likeness (QED) is 0.0822. The lowest BCUT2D eigenvalue weighted by Crippen LogP contribution is -2.71. The minimum absolute atomic E-state index is 0.732. The number of carboxylic acids is 1.